The van der Waals surface area contributed by atoms with Crippen molar-refractivity contribution in [3.63, 3.8) is 0 Å². The summed E-state index contributed by atoms with van der Waals surface area (Å²) in [5, 5.41) is 5.84. The van der Waals surface area contributed by atoms with Crippen LogP contribution in [0.3, 0.4) is 0 Å². The Bertz CT molecular complexity index is 541. The highest BCUT2D eigenvalue weighted by molar-refractivity contribution is 5.82. The molecule has 0 radical (unpaired) electrons. The van der Waals surface area contributed by atoms with Crippen LogP contribution in [0, 0.1) is 0 Å². The molecule has 0 bridgehead atoms. The Hall–Kier alpha value is -2.98. The molecule has 1 aromatic rings. The van der Waals surface area contributed by atoms with E-state index in [0.717, 1.165) is 26.2 Å². The average molecular weight is 334 g/mol. The van der Waals surface area contributed by atoms with E-state index in [1.807, 2.05) is 0 Å². The van der Waals surface area contributed by atoms with Crippen LogP contribution in [0.5, 0.6) is 0 Å². The molecule has 0 aromatic heterocycles. The molecule has 1 aromatic carbocycles. The Kier molecular flexibility index (Phi) is 9.19. The molecule has 0 saturated heterocycles. The van der Waals surface area contributed by atoms with E-state index in [1.165, 1.54) is 0 Å². The SMILES string of the molecule is NNC1=NCCN1.NNC1=NCCN1.O=Cc1cccc(C=O)c1. The van der Waals surface area contributed by atoms with Gasteiger partial charge in [-0.25, -0.2) is 11.7 Å². The molecule has 0 spiro atoms. The summed E-state index contributed by atoms with van der Waals surface area (Å²) in [4.78, 5) is 28.2. The molecule has 8 N–H and O–H groups in total. The summed E-state index contributed by atoms with van der Waals surface area (Å²) in [5.41, 5.74) is 5.87. The Labute approximate surface area is 139 Å². The maximum absolute atomic E-state index is 10.2. The van der Waals surface area contributed by atoms with E-state index < -0.39 is 0 Å². The van der Waals surface area contributed by atoms with Crippen LogP contribution >= 0.6 is 0 Å². The third-order valence-electron chi connectivity index (χ3n) is 2.80. The molecule has 3 rings (SSSR count). The molecule has 2 aliphatic heterocycles. The highest BCUT2D eigenvalue weighted by Gasteiger charge is 1.99. The first kappa shape index (κ1) is 19.1. The highest BCUT2D eigenvalue weighted by Crippen LogP contribution is 1.99. The number of hydrogen-bond acceptors (Lipinski definition) is 10. The number of carbonyl (C=O) groups is 2. The zero-order valence-corrected chi connectivity index (χ0v) is 13.2. The summed E-state index contributed by atoms with van der Waals surface area (Å²) in [5.74, 6) is 11.4. The van der Waals surface area contributed by atoms with Crippen molar-refractivity contribution in [1.29, 1.82) is 0 Å². The highest BCUT2D eigenvalue weighted by atomic mass is 16.1. The molecule has 0 fully saturated rings. The van der Waals surface area contributed by atoms with E-state index in [9.17, 15) is 9.59 Å². The minimum absolute atomic E-state index is 0.532. The van der Waals surface area contributed by atoms with Crippen molar-refractivity contribution in [2.45, 2.75) is 0 Å². The third-order valence-corrected chi connectivity index (χ3v) is 2.80. The van der Waals surface area contributed by atoms with Crippen LogP contribution in [0.4, 0.5) is 0 Å². The standard InChI is InChI=1S/C8H6O2.2C3H8N4/c9-5-7-2-1-3-8(4-7)6-10;2*4-7-3-5-1-2-6-3/h1-6H;2*1-2,4H2,(H2,5,6,7). The lowest BCUT2D eigenvalue weighted by Crippen LogP contribution is -2.38. The number of guanidine groups is 2. The van der Waals surface area contributed by atoms with Crippen LogP contribution in [0.1, 0.15) is 20.7 Å². The van der Waals surface area contributed by atoms with Crippen LogP contribution in [0.25, 0.3) is 0 Å². The lowest BCUT2D eigenvalue weighted by molar-refractivity contribution is 0.112. The first-order chi connectivity index (χ1) is 11.7. The van der Waals surface area contributed by atoms with Gasteiger partial charge in [0.1, 0.15) is 12.6 Å². The Balaban J connectivity index is 0.000000185. The first-order valence-corrected chi connectivity index (χ1v) is 7.23. The van der Waals surface area contributed by atoms with Gasteiger partial charge in [0.15, 0.2) is 0 Å². The molecule has 0 aliphatic carbocycles. The fraction of sp³-hybridized carbons (Fsp3) is 0.286. The number of hydrogen-bond donors (Lipinski definition) is 6. The quantitative estimate of drug-likeness (QED) is 0.208. The van der Waals surface area contributed by atoms with E-state index in [1.54, 1.807) is 24.3 Å². The number of nitrogens with zero attached hydrogens (tertiary/aromatic N) is 2. The van der Waals surface area contributed by atoms with E-state index in [4.69, 9.17) is 11.7 Å². The second kappa shape index (κ2) is 11.6. The second-order valence-electron chi connectivity index (χ2n) is 4.51. The second-order valence-corrected chi connectivity index (χ2v) is 4.51. The maximum atomic E-state index is 10.2. The minimum Gasteiger partial charge on any atom is -0.353 e. The van der Waals surface area contributed by atoms with E-state index in [-0.39, 0.29) is 0 Å². The van der Waals surface area contributed by atoms with E-state index >= 15 is 0 Å². The monoisotopic (exact) mass is 334 g/mol. The number of nitrogens with two attached hydrogens (primary N) is 2. The van der Waals surface area contributed by atoms with Crippen LogP contribution in [-0.4, -0.2) is 50.7 Å². The van der Waals surface area contributed by atoms with Gasteiger partial charge in [0.05, 0.1) is 13.1 Å². The smallest absolute Gasteiger partial charge is 0.205 e. The lowest BCUT2D eigenvalue weighted by atomic mass is 10.2. The fourth-order valence-electron chi connectivity index (χ4n) is 1.69. The van der Waals surface area contributed by atoms with Gasteiger partial charge in [-0.05, 0) is 6.07 Å². The van der Waals surface area contributed by atoms with Crippen molar-refractivity contribution in [1.82, 2.24) is 21.5 Å². The van der Waals surface area contributed by atoms with Gasteiger partial charge in [0.25, 0.3) is 0 Å². The van der Waals surface area contributed by atoms with Crippen LogP contribution in [0.15, 0.2) is 34.3 Å². The van der Waals surface area contributed by atoms with Crippen molar-refractivity contribution >= 4 is 24.5 Å². The van der Waals surface area contributed by atoms with Gasteiger partial charge < -0.3 is 10.6 Å². The summed E-state index contributed by atoms with van der Waals surface area (Å²) in [6.45, 7) is 3.47. The average Bonchev–Trinajstić information content (AvgIpc) is 3.36. The number of aliphatic imine (C=N–C) groups is 2. The topological polar surface area (TPSA) is 159 Å². The molecular formula is C14H22N8O2. The summed E-state index contributed by atoms with van der Waals surface area (Å²) in [7, 11) is 0. The van der Waals surface area contributed by atoms with Crippen LogP contribution in [-0.2, 0) is 0 Å². The largest absolute Gasteiger partial charge is 0.353 e. The molecule has 0 unspecified atom stereocenters. The summed E-state index contributed by atoms with van der Waals surface area (Å²) < 4.78 is 0. The van der Waals surface area contributed by atoms with Gasteiger partial charge in [-0.3, -0.25) is 30.4 Å². The molecule has 10 heteroatoms. The van der Waals surface area contributed by atoms with Gasteiger partial charge in [-0.2, -0.15) is 0 Å². The number of nitrogens with one attached hydrogen (secondary N) is 4. The van der Waals surface area contributed by atoms with Crippen molar-refractivity contribution in [2.24, 2.45) is 21.7 Å². The summed E-state index contributed by atoms with van der Waals surface area (Å²) in [6.07, 6.45) is 1.43. The number of aldehydes is 2. The molecule has 10 nitrogen and oxygen atoms in total. The molecule has 2 heterocycles. The number of carbonyl (C=O) groups excluding carboxylic acids is 2. The van der Waals surface area contributed by atoms with Gasteiger partial charge in [-0.15, -0.1) is 0 Å². The van der Waals surface area contributed by atoms with Crippen molar-refractivity contribution in [2.75, 3.05) is 26.2 Å². The zero-order valence-electron chi connectivity index (χ0n) is 13.2. The molecule has 130 valence electrons. The Morgan fingerprint density at radius 3 is 1.62 bits per heavy atom. The van der Waals surface area contributed by atoms with Gasteiger partial charge in [0.2, 0.25) is 11.9 Å². The number of rotatable bonds is 2. The molecule has 0 atom stereocenters. The number of hydrazine groups is 2. The van der Waals surface area contributed by atoms with Crippen molar-refractivity contribution in [3.05, 3.63) is 35.4 Å². The molecule has 0 amide bonds. The predicted molar refractivity (Wildman–Crippen MR) is 92.5 cm³/mol. The van der Waals surface area contributed by atoms with Crippen molar-refractivity contribution in [3.8, 4) is 0 Å². The summed E-state index contributed by atoms with van der Waals surface area (Å²) in [6, 6.07) is 6.52. The molecular weight excluding hydrogens is 312 g/mol. The van der Waals surface area contributed by atoms with Gasteiger partial charge in [0, 0.05) is 24.2 Å². The normalized spacial score (nSPS) is 14.2. The predicted octanol–water partition coefficient (Wildman–Crippen LogP) is -1.87. The molecule has 0 saturated carbocycles. The van der Waals surface area contributed by atoms with Crippen LogP contribution < -0.4 is 33.2 Å². The molecule has 24 heavy (non-hydrogen) atoms. The lowest BCUT2D eigenvalue weighted by Gasteiger charge is -1.95. The first-order valence-electron chi connectivity index (χ1n) is 7.23. The zero-order chi connectivity index (χ0) is 17.6. The van der Waals surface area contributed by atoms with Crippen molar-refractivity contribution < 1.29 is 9.59 Å². The third kappa shape index (κ3) is 7.33. The molecule has 2 aliphatic rings. The Morgan fingerprint density at radius 2 is 1.38 bits per heavy atom. The summed E-state index contributed by atoms with van der Waals surface area (Å²) >= 11 is 0. The Morgan fingerprint density at radius 1 is 0.917 bits per heavy atom. The fourth-order valence-corrected chi connectivity index (χ4v) is 1.69. The minimum atomic E-state index is 0.532. The van der Waals surface area contributed by atoms with Gasteiger partial charge >= 0.3 is 0 Å². The number of benzene rings is 1. The van der Waals surface area contributed by atoms with E-state index in [0.29, 0.717) is 35.6 Å². The van der Waals surface area contributed by atoms with Gasteiger partial charge in [-0.1, -0.05) is 18.2 Å². The van der Waals surface area contributed by atoms with Crippen LogP contribution in [0.2, 0.25) is 0 Å². The maximum Gasteiger partial charge on any atom is 0.205 e. The van der Waals surface area contributed by atoms with E-state index in [2.05, 4.69) is 31.5 Å².